The number of nitrogens with zero attached hydrogens (tertiary/aromatic N) is 1. The molecule has 1 saturated heterocycles. The lowest BCUT2D eigenvalue weighted by Gasteiger charge is -2.27. The number of carboxylic acids is 1. The van der Waals surface area contributed by atoms with Gasteiger partial charge >= 0.3 is 5.97 Å². The molecule has 0 saturated carbocycles. The molecule has 0 aliphatic carbocycles. The molecule has 1 N–H and O–H groups in total. The number of carbonyl (C=O) groups is 1. The Hall–Kier alpha value is -0.610. The third-order valence-corrected chi connectivity index (χ3v) is 2.62. The second-order valence-corrected chi connectivity index (χ2v) is 4.04. The largest absolute Gasteiger partial charge is 0.480 e. The molecule has 14 heavy (non-hydrogen) atoms. The molecule has 1 aliphatic rings. The summed E-state index contributed by atoms with van der Waals surface area (Å²) in [5.74, 6) is -0.890. The zero-order valence-electron chi connectivity index (χ0n) is 8.90. The average Bonchev–Trinajstić information content (AvgIpc) is 2.51. The monoisotopic (exact) mass is 201 g/mol. The van der Waals surface area contributed by atoms with Crippen LogP contribution < -0.4 is 0 Å². The quantitative estimate of drug-likeness (QED) is 0.719. The van der Waals surface area contributed by atoms with Gasteiger partial charge < -0.3 is 9.84 Å². The zero-order valence-corrected chi connectivity index (χ0v) is 8.90. The summed E-state index contributed by atoms with van der Waals surface area (Å²) in [6.45, 7) is 5.80. The first-order valence-corrected chi connectivity index (χ1v) is 5.16. The van der Waals surface area contributed by atoms with Crippen molar-refractivity contribution < 1.29 is 14.6 Å². The Morgan fingerprint density at radius 1 is 1.64 bits per heavy atom. The van der Waals surface area contributed by atoms with E-state index in [4.69, 9.17) is 9.84 Å². The number of hydrogen-bond donors (Lipinski definition) is 1. The second kappa shape index (κ2) is 5.32. The van der Waals surface area contributed by atoms with Crippen LogP contribution >= 0.6 is 0 Å². The molecule has 82 valence electrons. The summed E-state index contributed by atoms with van der Waals surface area (Å²) in [6.07, 6.45) is 2.32. The van der Waals surface area contributed by atoms with E-state index < -0.39 is 5.97 Å². The molecule has 1 heterocycles. The average molecular weight is 201 g/mol. The molecule has 0 aromatic carbocycles. The number of aliphatic carboxylic acids is 1. The van der Waals surface area contributed by atoms with Gasteiger partial charge in [-0.1, -0.05) is 0 Å². The van der Waals surface area contributed by atoms with Crippen LogP contribution in [0.15, 0.2) is 0 Å². The molecule has 1 fully saturated rings. The van der Waals surface area contributed by atoms with Crippen LogP contribution in [0.1, 0.15) is 26.7 Å². The maximum absolute atomic E-state index is 10.2. The van der Waals surface area contributed by atoms with Gasteiger partial charge in [0.05, 0.1) is 6.61 Å². The molecule has 0 aromatic rings. The lowest BCUT2D eigenvalue weighted by molar-refractivity contribution is -0.142. The van der Waals surface area contributed by atoms with Gasteiger partial charge in [0.15, 0.2) is 0 Å². The van der Waals surface area contributed by atoms with E-state index in [-0.39, 0.29) is 6.61 Å². The Bertz CT molecular complexity index is 194. The molecule has 0 aromatic heterocycles. The molecule has 1 atom stereocenters. The summed E-state index contributed by atoms with van der Waals surface area (Å²) < 4.78 is 5.12. The molecule has 0 radical (unpaired) electrons. The van der Waals surface area contributed by atoms with E-state index in [2.05, 4.69) is 18.7 Å². The van der Waals surface area contributed by atoms with Gasteiger partial charge in [-0.3, -0.25) is 4.90 Å². The number of carboxylic acid groups (broad SMARTS) is 1. The van der Waals surface area contributed by atoms with Crippen molar-refractivity contribution in [3.05, 3.63) is 0 Å². The minimum Gasteiger partial charge on any atom is -0.480 e. The van der Waals surface area contributed by atoms with Crippen LogP contribution in [0.4, 0.5) is 0 Å². The molecular weight excluding hydrogens is 182 g/mol. The predicted octanol–water partition coefficient (Wildman–Crippen LogP) is 0.960. The summed E-state index contributed by atoms with van der Waals surface area (Å²) >= 11 is 0. The van der Waals surface area contributed by atoms with Crippen LogP contribution in [0.3, 0.4) is 0 Å². The molecule has 1 aliphatic heterocycles. The van der Waals surface area contributed by atoms with Crippen molar-refractivity contribution in [1.82, 2.24) is 4.90 Å². The Balaban J connectivity index is 2.25. The predicted molar refractivity (Wildman–Crippen MR) is 53.3 cm³/mol. The Morgan fingerprint density at radius 2 is 2.36 bits per heavy atom. The summed E-state index contributed by atoms with van der Waals surface area (Å²) in [5, 5.41) is 8.42. The second-order valence-electron chi connectivity index (χ2n) is 4.04. The Labute approximate surface area is 84.8 Å². The minimum atomic E-state index is -0.890. The molecule has 4 heteroatoms. The van der Waals surface area contributed by atoms with E-state index in [1.165, 1.54) is 6.42 Å². The smallest absolute Gasteiger partial charge is 0.329 e. The third kappa shape index (κ3) is 3.27. The molecule has 0 amide bonds. The van der Waals surface area contributed by atoms with Crippen molar-refractivity contribution >= 4 is 5.97 Å². The van der Waals surface area contributed by atoms with Crippen molar-refractivity contribution in [1.29, 1.82) is 0 Å². The first kappa shape index (κ1) is 11.5. The molecular formula is C10H19NO3. The van der Waals surface area contributed by atoms with Crippen LogP contribution in [0.25, 0.3) is 0 Å². The number of ether oxygens (including phenoxy) is 1. The Kier molecular flexibility index (Phi) is 4.35. The van der Waals surface area contributed by atoms with Crippen LogP contribution in [0.5, 0.6) is 0 Å². The molecule has 1 rings (SSSR count). The van der Waals surface area contributed by atoms with Gasteiger partial charge in [0.1, 0.15) is 6.61 Å². The van der Waals surface area contributed by atoms with E-state index in [0.29, 0.717) is 18.7 Å². The fourth-order valence-corrected chi connectivity index (χ4v) is 2.00. The van der Waals surface area contributed by atoms with Gasteiger partial charge in [-0.2, -0.15) is 0 Å². The summed E-state index contributed by atoms with van der Waals surface area (Å²) in [6, 6.07) is 0.935. The van der Waals surface area contributed by atoms with Gasteiger partial charge in [0, 0.05) is 12.1 Å². The molecule has 0 spiro atoms. The summed E-state index contributed by atoms with van der Waals surface area (Å²) in [5.41, 5.74) is 0. The van der Waals surface area contributed by atoms with Crippen LogP contribution in [-0.2, 0) is 9.53 Å². The highest BCUT2D eigenvalue weighted by atomic mass is 16.5. The molecule has 0 unspecified atom stereocenters. The molecule has 4 nitrogen and oxygen atoms in total. The minimum absolute atomic E-state index is 0.178. The van der Waals surface area contributed by atoms with E-state index in [1.54, 1.807) is 0 Å². The SMILES string of the molecule is CC(C)N1CCC[C@H]1COCC(=O)O. The summed E-state index contributed by atoms with van der Waals surface area (Å²) in [4.78, 5) is 12.6. The van der Waals surface area contributed by atoms with Crippen molar-refractivity contribution in [2.75, 3.05) is 19.8 Å². The highest BCUT2D eigenvalue weighted by Crippen LogP contribution is 2.19. The highest BCUT2D eigenvalue weighted by molar-refractivity contribution is 5.67. The summed E-state index contributed by atoms with van der Waals surface area (Å²) in [7, 11) is 0. The van der Waals surface area contributed by atoms with Crippen molar-refractivity contribution in [2.45, 2.75) is 38.8 Å². The van der Waals surface area contributed by atoms with Gasteiger partial charge in [-0.15, -0.1) is 0 Å². The van der Waals surface area contributed by atoms with E-state index in [0.717, 1.165) is 13.0 Å². The van der Waals surface area contributed by atoms with E-state index in [9.17, 15) is 4.79 Å². The van der Waals surface area contributed by atoms with Gasteiger partial charge in [0.25, 0.3) is 0 Å². The fourth-order valence-electron chi connectivity index (χ4n) is 2.00. The normalized spacial score (nSPS) is 23.2. The van der Waals surface area contributed by atoms with Crippen molar-refractivity contribution in [3.8, 4) is 0 Å². The number of rotatable bonds is 5. The van der Waals surface area contributed by atoms with Gasteiger partial charge in [-0.25, -0.2) is 4.79 Å². The standard InChI is InChI=1S/C10H19NO3/c1-8(2)11-5-3-4-9(11)6-14-7-10(12)13/h8-9H,3-7H2,1-2H3,(H,12,13)/t9-/m0/s1. The highest BCUT2D eigenvalue weighted by Gasteiger charge is 2.26. The van der Waals surface area contributed by atoms with E-state index >= 15 is 0 Å². The topological polar surface area (TPSA) is 49.8 Å². The van der Waals surface area contributed by atoms with Crippen LogP contribution in [-0.4, -0.2) is 47.8 Å². The van der Waals surface area contributed by atoms with Crippen LogP contribution in [0.2, 0.25) is 0 Å². The van der Waals surface area contributed by atoms with Crippen molar-refractivity contribution in [2.24, 2.45) is 0 Å². The lowest BCUT2D eigenvalue weighted by atomic mass is 10.2. The lowest BCUT2D eigenvalue weighted by Crippen LogP contribution is -2.38. The third-order valence-electron chi connectivity index (χ3n) is 2.62. The maximum Gasteiger partial charge on any atom is 0.329 e. The van der Waals surface area contributed by atoms with Gasteiger partial charge in [0.2, 0.25) is 0 Å². The number of likely N-dealkylation sites (tertiary alicyclic amines) is 1. The zero-order chi connectivity index (χ0) is 10.6. The first-order chi connectivity index (χ1) is 6.61. The van der Waals surface area contributed by atoms with E-state index in [1.807, 2.05) is 0 Å². The van der Waals surface area contributed by atoms with Crippen LogP contribution in [0, 0.1) is 0 Å². The first-order valence-electron chi connectivity index (χ1n) is 5.16. The number of hydrogen-bond acceptors (Lipinski definition) is 3. The molecule has 0 bridgehead atoms. The Morgan fingerprint density at radius 3 is 2.93 bits per heavy atom. The van der Waals surface area contributed by atoms with Gasteiger partial charge in [-0.05, 0) is 33.2 Å². The fraction of sp³-hybridized carbons (Fsp3) is 0.900. The maximum atomic E-state index is 10.2. The van der Waals surface area contributed by atoms with Crippen molar-refractivity contribution in [3.63, 3.8) is 0 Å².